The van der Waals surface area contributed by atoms with Gasteiger partial charge < -0.3 is 14.8 Å². The van der Waals surface area contributed by atoms with Crippen LogP contribution in [-0.2, 0) is 4.79 Å². The second kappa shape index (κ2) is 9.02. The minimum atomic E-state index is -0.598. The van der Waals surface area contributed by atoms with Gasteiger partial charge in [-0.2, -0.15) is 5.26 Å². The lowest BCUT2D eigenvalue weighted by Crippen LogP contribution is -2.13. The molecule has 0 saturated heterocycles. The highest BCUT2D eigenvalue weighted by molar-refractivity contribution is 9.10. The number of nitrogens with one attached hydrogen (secondary N) is 1. The highest BCUT2D eigenvalue weighted by atomic mass is 79.9. The van der Waals surface area contributed by atoms with Gasteiger partial charge in [-0.05, 0) is 55.0 Å². The summed E-state index contributed by atoms with van der Waals surface area (Å²) in [6.07, 6.45) is 1.43. The number of rotatable bonds is 6. The van der Waals surface area contributed by atoms with Gasteiger partial charge in [-0.3, -0.25) is 4.79 Å². The molecule has 1 N–H and O–H groups in total. The summed E-state index contributed by atoms with van der Waals surface area (Å²) in [5.41, 5.74) is 0.859. The normalized spacial score (nSPS) is 10.8. The smallest absolute Gasteiger partial charge is 0.266 e. The minimum absolute atomic E-state index is 0.110. The first-order valence-electron chi connectivity index (χ1n) is 7.67. The van der Waals surface area contributed by atoms with Gasteiger partial charge in [0.1, 0.15) is 17.5 Å². The fourth-order valence-corrected chi connectivity index (χ4v) is 2.56. The Morgan fingerprint density at radius 2 is 2.00 bits per heavy atom. The molecule has 0 fully saturated rings. The number of benzene rings is 2. The van der Waals surface area contributed by atoms with E-state index in [1.165, 1.54) is 37.5 Å². The van der Waals surface area contributed by atoms with E-state index >= 15 is 0 Å². The Balaban J connectivity index is 2.31. The number of anilines is 1. The monoisotopic (exact) mass is 418 g/mol. The molecule has 7 heteroatoms. The van der Waals surface area contributed by atoms with Gasteiger partial charge in [-0.1, -0.05) is 15.9 Å². The predicted molar refractivity (Wildman–Crippen MR) is 100 cm³/mol. The molecule has 0 aliphatic carbocycles. The minimum Gasteiger partial charge on any atom is -0.493 e. The SMILES string of the molecule is CCOc1cc(Br)c(/C=C(/C#N)C(=O)Nc2ccc(F)cc2)cc1OC. The summed E-state index contributed by atoms with van der Waals surface area (Å²) in [6.45, 7) is 2.33. The van der Waals surface area contributed by atoms with Crippen molar-refractivity contribution in [2.24, 2.45) is 0 Å². The van der Waals surface area contributed by atoms with Crippen LogP contribution < -0.4 is 14.8 Å². The molecule has 0 bridgehead atoms. The molecule has 0 heterocycles. The topological polar surface area (TPSA) is 71.3 Å². The molecule has 1 amide bonds. The van der Waals surface area contributed by atoms with E-state index in [1.54, 1.807) is 12.1 Å². The van der Waals surface area contributed by atoms with E-state index in [0.717, 1.165) is 0 Å². The van der Waals surface area contributed by atoms with E-state index in [9.17, 15) is 14.4 Å². The predicted octanol–water partition coefficient (Wildman–Crippen LogP) is 4.54. The summed E-state index contributed by atoms with van der Waals surface area (Å²) >= 11 is 3.40. The second-order valence-corrected chi connectivity index (χ2v) is 5.94. The van der Waals surface area contributed by atoms with Crippen molar-refractivity contribution in [3.8, 4) is 17.6 Å². The average Bonchev–Trinajstić information content (AvgIpc) is 2.63. The number of nitriles is 1. The zero-order valence-electron chi connectivity index (χ0n) is 14.2. The quantitative estimate of drug-likeness (QED) is 0.551. The number of methoxy groups -OCH3 is 1. The van der Waals surface area contributed by atoms with Crippen LogP contribution in [0.2, 0.25) is 0 Å². The molecule has 0 radical (unpaired) electrons. The third-order valence-corrected chi connectivity index (χ3v) is 4.04. The highest BCUT2D eigenvalue weighted by Gasteiger charge is 2.13. The van der Waals surface area contributed by atoms with Crippen molar-refractivity contribution in [1.29, 1.82) is 5.26 Å². The maximum absolute atomic E-state index is 12.9. The fraction of sp³-hybridized carbons (Fsp3) is 0.158. The van der Waals surface area contributed by atoms with Crippen molar-refractivity contribution < 1.29 is 18.7 Å². The molecule has 5 nitrogen and oxygen atoms in total. The first-order valence-corrected chi connectivity index (χ1v) is 8.46. The first kappa shape index (κ1) is 19.5. The zero-order valence-corrected chi connectivity index (χ0v) is 15.8. The number of carbonyl (C=O) groups excluding carboxylic acids is 1. The van der Waals surface area contributed by atoms with Crippen molar-refractivity contribution in [2.75, 3.05) is 19.0 Å². The Labute approximate surface area is 159 Å². The van der Waals surface area contributed by atoms with Crippen LogP contribution in [0, 0.1) is 17.1 Å². The van der Waals surface area contributed by atoms with E-state index < -0.39 is 11.7 Å². The number of hydrogen-bond donors (Lipinski definition) is 1. The van der Waals surface area contributed by atoms with Gasteiger partial charge in [-0.15, -0.1) is 0 Å². The Morgan fingerprint density at radius 1 is 1.31 bits per heavy atom. The fourth-order valence-electron chi connectivity index (χ4n) is 2.13. The highest BCUT2D eigenvalue weighted by Crippen LogP contribution is 2.34. The molecule has 0 aliphatic rings. The maximum Gasteiger partial charge on any atom is 0.266 e. The Kier molecular flexibility index (Phi) is 6.75. The van der Waals surface area contributed by atoms with Crippen LogP contribution >= 0.6 is 15.9 Å². The maximum atomic E-state index is 12.9. The van der Waals surface area contributed by atoms with Crippen molar-refractivity contribution in [3.05, 3.63) is 57.8 Å². The van der Waals surface area contributed by atoms with Crippen molar-refractivity contribution in [2.45, 2.75) is 6.92 Å². The summed E-state index contributed by atoms with van der Waals surface area (Å²) < 4.78 is 24.3. The van der Waals surface area contributed by atoms with Crippen LogP contribution in [0.1, 0.15) is 12.5 Å². The molecular weight excluding hydrogens is 403 g/mol. The number of hydrogen-bond acceptors (Lipinski definition) is 4. The molecule has 2 aromatic carbocycles. The summed E-state index contributed by atoms with van der Waals surface area (Å²) in [7, 11) is 1.51. The van der Waals surface area contributed by atoms with Crippen LogP contribution in [0.15, 0.2) is 46.4 Å². The van der Waals surface area contributed by atoms with Gasteiger partial charge in [0, 0.05) is 10.2 Å². The van der Waals surface area contributed by atoms with Crippen LogP contribution in [0.25, 0.3) is 6.08 Å². The van der Waals surface area contributed by atoms with Crippen LogP contribution in [0.3, 0.4) is 0 Å². The lowest BCUT2D eigenvalue weighted by Gasteiger charge is -2.12. The van der Waals surface area contributed by atoms with Crippen molar-refractivity contribution in [1.82, 2.24) is 0 Å². The number of carbonyl (C=O) groups is 1. The van der Waals surface area contributed by atoms with Gasteiger partial charge >= 0.3 is 0 Å². The number of nitrogens with zero attached hydrogens (tertiary/aromatic N) is 1. The molecule has 0 aliphatic heterocycles. The van der Waals surface area contributed by atoms with Gasteiger partial charge in [0.15, 0.2) is 11.5 Å². The standard InChI is InChI=1S/C19H16BrFN2O3/c1-3-26-18-10-16(20)12(9-17(18)25-2)8-13(11-22)19(24)23-15-6-4-14(21)5-7-15/h4-10H,3H2,1-2H3,(H,23,24)/b13-8-. The number of ether oxygens (including phenoxy) is 2. The molecule has 2 rings (SSSR count). The number of halogens is 2. The van der Waals surface area contributed by atoms with Crippen LogP contribution in [0.5, 0.6) is 11.5 Å². The van der Waals surface area contributed by atoms with E-state index in [4.69, 9.17) is 9.47 Å². The van der Waals surface area contributed by atoms with Gasteiger partial charge in [0.05, 0.1) is 13.7 Å². The molecule has 26 heavy (non-hydrogen) atoms. The zero-order chi connectivity index (χ0) is 19.1. The first-order chi connectivity index (χ1) is 12.5. The molecule has 0 saturated carbocycles. The van der Waals surface area contributed by atoms with Crippen LogP contribution in [0.4, 0.5) is 10.1 Å². The Hall–Kier alpha value is -2.85. The van der Waals surface area contributed by atoms with Crippen molar-refractivity contribution >= 4 is 33.6 Å². The lowest BCUT2D eigenvalue weighted by molar-refractivity contribution is -0.112. The van der Waals surface area contributed by atoms with E-state index in [1.807, 2.05) is 13.0 Å². The van der Waals surface area contributed by atoms with Gasteiger partial charge in [0.2, 0.25) is 0 Å². The van der Waals surface area contributed by atoms with Gasteiger partial charge in [-0.25, -0.2) is 4.39 Å². The Bertz CT molecular complexity index is 874. The lowest BCUT2D eigenvalue weighted by atomic mass is 10.1. The molecule has 0 aromatic heterocycles. The van der Waals surface area contributed by atoms with Gasteiger partial charge in [0.25, 0.3) is 5.91 Å². The molecule has 0 atom stereocenters. The van der Waals surface area contributed by atoms with E-state index in [-0.39, 0.29) is 5.57 Å². The average molecular weight is 419 g/mol. The van der Waals surface area contributed by atoms with E-state index in [0.29, 0.717) is 33.8 Å². The van der Waals surface area contributed by atoms with E-state index in [2.05, 4.69) is 21.2 Å². The molecule has 0 spiro atoms. The molecule has 0 unspecified atom stereocenters. The largest absolute Gasteiger partial charge is 0.493 e. The Morgan fingerprint density at radius 3 is 2.58 bits per heavy atom. The summed E-state index contributed by atoms with van der Waals surface area (Å²) in [6, 6.07) is 10.5. The molecule has 134 valence electrons. The van der Waals surface area contributed by atoms with Crippen LogP contribution in [-0.4, -0.2) is 19.6 Å². The molecule has 2 aromatic rings. The third kappa shape index (κ3) is 4.83. The second-order valence-electron chi connectivity index (χ2n) is 5.09. The summed E-state index contributed by atoms with van der Waals surface area (Å²) in [4.78, 5) is 12.3. The summed E-state index contributed by atoms with van der Waals surface area (Å²) in [5, 5.41) is 11.9. The number of amides is 1. The third-order valence-electron chi connectivity index (χ3n) is 3.35. The molecular formula is C19H16BrFN2O3. The van der Waals surface area contributed by atoms with Crippen molar-refractivity contribution in [3.63, 3.8) is 0 Å². The summed E-state index contributed by atoms with van der Waals surface area (Å²) in [5.74, 6) is 0.0224.